The number of hydrogen-bond donors (Lipinski definition) is 2. The first kappa shape index (κ1) is 19.3. The Hall–Kier alpha value is -0.780. The van der Waals surface area contributed by atoms with Crippen LogP contribution in [0.4, 0.5) is 0 Å². The lowest BCUT2D eigenvalue weighted by molar-refractivity contribution is 0.296. The molecule has 0 spiro atoms. The van der Waals surface area contributed by atoms with E-state index in [0.29, 0.717) is 12.3 Å². The van der Waals surface area contributed by atoms with Crippen LogP contribution in [0.2, 0.25) is 0 Å². The Labute approximate surface area is 136 Å². The molecular weight excluding hydrogens is 298 g/mol. The zero-order valence-electron chi connectivity index (χ0n) is 14.6. The monoisotopic (exact) mass is 331 g/mol. The maximum absolute atomic E-state index is 11.2. The molecule has 0 aliphatic heterocycles. The molecule has 1 aliphatic carbocycles. The van der Waals surface area contributed by atoms with Crippen LogP contribution in [0.25, 0.3) is 0 Å². The van der Waals surface area contributed by atoms with Crippen molar-refractivity contribution >= 4 is 15.8 Å². The lowest BCUT2D eigenvalue weighted by Gasteiger charge is -2.25. The maximum Gasteiger partial charge on any atom is 0.191 e. The highest BCUT2D eigenvalue weighted by Gasteiger charge is 2.18. The van der Waals surface area contributed by atoms with Crippen LogP contribution in [0.15, 0.2) is 4.99 Å². The molecule has 1 saturated carbocycles. The van der Waals surface area contributed by atoms with E-state index >= 15 is 0 Å². The highest BCUT2D eigenvalue weighted by molar-refractivity contribution is 7.90. The van der Waals surface area contributed by atoms with Crippen molar-refractivity contribution < 1.29 is 8.42 Å². The molecule has 0 aromatic rings. The minimum atomic E-state index is -2.90. The topological polar surface area (TPSA) is 70.6 Å². The summed E-state index contributed by atoms with van der Waals surface area (Å²) in [6.07, 6.45) is 7.05. The fraction of sp³-hybridized carbons (Fsp3) is 0.938. The average Bonchev–Trinajstić information content (AvgIpc) is 2.44. The van der Waals surface area contributed by atoms with E-state index in [2.05, 4.69) is 17.6 Å². The second kappa shape index (κ2) is 9.38. The average molecular weight is 332 g/mol. The predicted molar refractivity (Wildman–Crippen MR) is 94.0 cm³/mol. The fourth-order valence-corrected chi connectivity index (χ4v) is 3.53. The van der Waals surface area contributed by atoms with Gasteiger partial charge in [0, 0.05) is 25.4 Å². The van der Waals surface area contributed by atoms with E-state index in [1.165, 1.54) is 31.9 Å². The van der Waals surface area contributed by atoms with Crippen molar-refractivity contribution in [1.29, 1.82) is 0 Å². The smallest absolute Gasteiger partial charge is 0.191 e. The first-order chi connectivity index (χ1) is 10.3. The van der Waals surface area contributed by atoms with Crippen LogP contribution < -0.4 is 10.6 Å². The third-order valence-electron chi connectivity index (χ3n) is 4.29. The summed E-state index contributed by atoms with van der Waals surface area (Å²) in [5.41, 5.74) is 0. The van der Waals surface area contributed by atoms with Crippen molar-refractivity contribution in [1.82, 2.24) is 10.6 Å². The van der Waals surface area contributed by atoms with Gasteiger partial charge in [-0.05, 0) is 44.9 Å². The molecule has 1 unspecified atom stereocenters. The van der Waals surface area contributed by atoms with Gasteiger partial charge in [-0.3, -0.25) is 4.99 Å². The largest absolute Gasteiger partial charge is 0.357 e. The van der Waals surface area contributed by atoms with Crippen molar-refractivity contribution in [3.05, 3.63) is 0 Å². The van der Waals surface area contributed by atoms with Gasteiger partial charge in [-0.2, -0.15) is 0 Å². The van der Waals surface area contributed by atoms with Gasteiger partial charge in [0.15, 0.2) is 5.96 Å². The van der Waals surface area contributed by atoms with E-state index in [9.17, 15) is 8.42 Å². The lowest BCUT2D eigenvalue weighted by atomic mass is 9.83. The Morgan fingerprint density at radius 2 is 1.91 bits per heavy atom. The summed E-state index contributed by atoms with van der Waals surface area (Å²) in [6.45, 7) is 8.04. The lowest BCUT2D eigenvalue weighted by Crippen LogP contribution is -2.43. The first-order valence-electron chi connectivity index (χ1n) is 8.52. The molecule has 22 heavy (non-hydrogen) atoms. The summed E-state index contributed by atoms with van der Waals surface area (Å²) in [4.78, 5) is 4.69. The van der Waals surface area contributed by atoms with Crippen LogP contribution in [0.3, 0.4) is 0 Å². The second-order valence-electron chi connectivity index (χ2n) is 6.81. The number of nitrogens with one attached hydrogen (secondary N) is 2. The van der Waals surface area contributed by atoms with E-state index in [-0.39, 0.29) is 11.8 Å². The number of nitrogens with zero attached hydrogens (tertiary/aromatic N) is 1. The standard InChI is InChI=1S/C16H33N3O2S/c1-5-17-16(19-14(3)10-11-22(4,20)21)18-12-15-8-6-13(2)7-9-15/h13-15H,5-12H2,1-4H3,(H2,17,18,19). The van der Waals surface area contributed by atoms with Crippen LogP contribution >= 0.6 is 0 Å². The second-order valence-corrected chi connectivity index (χ2v) is 9.07. The van der Waals surface area contributed by atoms with Gasteiger partial charge in [0.1, 0.15) is 9.84 Å². The molecule has 0 bridgehead atoms. The third-order valence-corrected chi connectivity index (χ3v) is 5.27. The molecule has 1 atom stereocenters. The molecule has 0 saturated heterocycles. The van der Waals surface area contributed by atoms with Gasteiger partial charge in [0.25, 0.3) is 0 Å². The van der Waals surface area contributed by atoms with E-state index in [0.717, 1.165) is 25.0 Å². The summed E-state index contributed by atoms with van der Waals surface area (Å²) < 4.78 is 22.5. The molecular formula is C16H33N3O2S. The molecule has 0 heterocycles. The van der Waals surface area contributed by atoms with Crippen LogP contribution in [0.5, 0.6) is 0 Å². The highest BCUT2D eigenvalue weighted by Crippen LogP contribution is 2.28. The Morgan fingerprint density at radius 3 is 2.45 bits per heavy atom. The van der Waals surface area contributed by atoms with Gasteiger partial charge in [-0.15, -0.1) is 0 Å². The summed E-state index contributed by atoms with van der Waals surface area (Å²) >= 11 is 0. The summed E-state index contributed by atoms with van der Waals surface area (Å²) in [7, 11) is -2.90. The van der Waals surface area contributed by atoms with Crippen LogP contribution in [0, 0.1) is 11.8 Å². The molecule has 0 radical (unpaired) electrons. The number of rotatable bonds is 7. The molecule has 0 aromatic heterocycles. The van der Waals surface area contributed by atoms with Crippen molar-refractivity contribution in [2.75, 3.05) is 25.1 Å². The van der Waals surface area contributed by atoms with Crippen molar-refractivity contribution in [2.24, 2.45) is 16.8 Å². The number of aliphatic imine (C=N–C) groups is 1. The number of sulfone groups is 1. The Bertz CT molecular complexity index is 440. The van der Waals surface area contributed by atoms with Crippen LogP contribution in [-0.4, -0.2) is 45.5 Å². The molecule has 130 valence electrons. The molecule has 2 N–H and O–H groups in total. The van der Waals surface area contributed by atoms with Gasteiger partial charge in [-0.25, -0.2) is 8.42 Å². The molecule has 1 aliphatic rings. The minimum Gasteiger partial charge on any atom is -0.357 e. The SMILES string of the molecule is CCNC(=NCC1CCC(C)CC1)NC(C)CCS(C)(=O)=O. The Kier molecular flexibility index (Phi) is 8.21. The number of guanidine groups is 1. The molecule has 1 fully saturated rings. The predicted octanol–water partition coefficient (Wildman–Crippen LogP) is 2.19. The fourth-order valence-electron chi connectivity index (χ4n) is 2.75. The van der Waals surface area contributed by atoms with Gasteiger partial charge < -0.3 is 10.6 Å². The molecule has 5 nitrogen and oxygen atoms in total. The first-order valence-corrected chi connectivity index (χ1v) is 10.6. The van der Waals surface area contributed by atoms with Crippen LogP contribution in [-0.2, 0) is 9.84 Å². The summed E-state index contributed by atoms with van der Waals surface area (Å²) in [5.74, 6) is 2.57. The molecule has 0 amide bonds. The van der Waals surface area contributed by atoms with Crippen molar-refractivity contribution in [2.45, 2.75) is 58.9 Å². The maximum atomic E-state index is 11.2. The van der Waals surface area contributed by atoms with E-state index in [1.807, 2.05) is 13.8 Å². The highest BCUT2D eigenvalue weighted by atomic mass is 32.2. The van der Waals surface area contributed by atoms with Gasteiger partial charge in [-0.1, -0.05) is 19.8 Å². The molecule has 6 heteroatoms. The molecule has 0 aromatic carbocycles. The zero-order chi connectivity index (χ0) is 16.6. The van der Waals surface area contributed by atoms with E-state index in [1.54, 1.807) is 0 Å². The van der Waals surface area contributed by atoms with E-state index < -0.39 is 9.84 Å². The number of hydrogen-bond acceptors (Lipinski definition) is 3. The summed E-state index contributed by atoms with van der Waals surface area (Å²) in [6, 6.07) is 0.0962. The molecule has 1 rings (SSSR count). The van der Waals surface area contributed by atoms with Crippen molar-refractivity contribution in [3.8, 4) is 0 Å². The minimum absolute atomic E-state index is 0.0962. The Morgan fingerprint density at radius 1 is 1.27 bits per heavy atom. The van der Waals surface area contributed by atoms with E-state index in [4.69, 9.17) is 4.99 Å². The van der Waals surface area contributed by atoms with Gasteiger partial charge in [0.05, 0.1) is 5.75 Å². The van der Waals surface area contributed by atoms with Gasteiger partial charge >= 0.3 is 0 Å². The quantitative estimate of drug-likeness (QED) is 0.554. The third kappa shape index (κ3) is 8.61. The van der Waals surface area contributed by atoms with Crippen LogP contribution in [0.1, 0.15) is 52.9 Å². The zero-order valence-corrected chi connectivity index (χ0v) is 15.4. The Balaban J connectivity index is 2.44. The summed E-state index contributed by atoms with van der Waals surface area (Å²) in [5, 5.41) is 6.56. The van der Waals surface area contributed by atoms with Crippen molar-refractivity contribution in [3.63, 3.8) is 0 Å². The van der Waals surface area contributed by atoms with Gasteiger partial charge in [0.2, 0.25) is 0 Å². The normalized spacial score (nSPS) is 24.8.